The Bertz CT molecular complexity index is 621. The van der Waals surface area contributed by atoms with Crippen LogP contribution in [0.4, 0.5) is 0 Å². The lowest BCUT2D eigenvalue weighted by Gasteiger charge is -2.05. The molecule has 2 N–H and O–H groups in total. The molecule has 1 aromatic carbocycles. The van der Waals surface area contributed by atoms with Gasteiger partial charge in [0, 0.05) is 21.0 Å². The molecule has 1 aromatic heterocycles. The van der Waals surface area contributed by atoms with Gasteiger partial charge in [-0.05, 0) is 41.8 Å². The molecule has 0 aliphatic heterocycles. The van der Waals surface area contributed by atoms with Gasteiger partial charge in [-0.2, -0.15) is 0 Å². The fraction of sp³-hybridized carbons (Fsp3) is 0. The quantitative estimate of drug-likeness (QED) is 0.660. The second kappa shape index (κ2) is 7.02. The van der Waals surface area contributed by atoms with Crippen molar-refractivity contribution in [1.82, 2.24) is 10.9 Å². The van der Waals surface area contributed by atoms with E-state index in [-0.39, 0.29) is 11.8 Å². The Kier molecular flexibility index (Phi) is 5.09. The number of hydrazine groups is 1. The smallest absolute Gasteiger partial charge is 0.268 e. The normalized spacial score (nSPS) is 10.4. The van der Waals surface area contributed by atoms with E-state index in [0.29, 0.717) is 5.56 Å². The highest BCUT2D eigenvalue weighted by atomic mass is 79.9. The van der Waals surface area contributed by atoms with Crippen molar-refractivity contribution < 1.29 is 9.59 Å². The second-order valence-corrected chi connectivity index (χ2v) is 5.69. The molecule has 0 spiro atoms. The van der Waals surface area contributed by atoms with E-state index in [1.807, 2.05) is 17.5 Å². The molecule has 6 heteroatoms. The number of halogens is 1. The molecular weight excluding hydrogens is 340 g/mol. The topological polar surface area (TPSA) is 58.2 Å². The minimum absolute atomic E-state index is 0.365. The summed E-state index contributed by atoms with van der Waals surface area (Å²) in [5.41, 5.74) is 5.14. The summed E-state index contributed by atoms with van der Waals surface area (Å²) in [6.45, 7) is 0. The van der Waals surface area contributed by atoms with Gasteiger partial charge < -0.3 is 0 Å². The summed E-state index contributed by atoms with van der Waals surface area (Å²) in [4.78, 5) is 24.2. The van der Waals surface area contributed by atoms with Crippen molar-refractivity contribution in [1.29, 1.82) is 0 Å². The molecule has 0 aliphatic carbocycles. The van der Waals surface area contributed by atoms with E-state index in [2.05, 4.69) is 26.8 Å². The first-order chi connectivity index (χ1) is 9.65. The van der Waals surface area contributed by atoms with Gasteiger partial charge in [0.25, 0.3) is 11.8 Å². The Morgan fingerprint density at radius 1 is 1.10 bits per heavy atom. The van der Waals surface area contributed by atoms with Crippen LogP contribution in [0.25, 0.3) is 6.08 Å². The Hall–Kier alpha value is -1.92. The Balaban J connectivity index is 1.84. The van der Waals surface area contributed by atoms with E-state index in [0.717, 1.165) is 9.35 Å². The summed E-state index contributed by atoms with van der Waals surface area (Å²) in [6, 6.07) is 10.6. The van der Waals surface area contributed by atoms with Gasteiger partial charge in [-0.1, -0.05) is 22.0 Å². The SMILES string of the molecule is O=C(C=Cc1cccs1)NNC(=O)c1ccc(Br)cc1. The summed E-state index contributed by atoms with van der Waals surface area (Å²) in [7, 11) is 0. The highest BCUT2D eigenvalue weighted by Crippen LogP contribution is 2.10. The van der Waals surface area contributed by atoms with E-state index >= 15 is 0 Å². The zero-order valence-electron chi connectivity index (χ0n) is 10.3. The second-order valence-electron chi connectivity index (χ2n) is 3.80. The molecule has 20 heavy (non-hydrogen) atoms. The van der Waals surface area contributed by atoms with Crippen molar-refractivity contribution in [2.24, 2.45) is 0 Å². The minimum Gasteiger partial charge on any atom is -0.268 e. The first-order valence-electron chi connectivity index (χ1n) is 5.72. The van der Waals surface area contributed by atoms with Crippen molar-refractivity contribution in [2.45, 2.75) is 0 Å². The van der Waals surface area contributed by atoms with Crippen LogP contribution < -0.4 is 10.9 Å². The van der Waals surface area contributed by atoms with Crippen molar-refractivity contribution in [2.75, 3.05) is 0 Å². The molecule has 0 fully saturated rings. The first-order valence-corrected chi connectivity index (χ1v) is 7.40. The number of carbonyl (C=O) groups is 2. The molecule has 0 aliphatic rings. The summed E-state index contributed by atoms with van der Waals surface area (Å²) < 4.78 is 0.886. The molecule has 2 amide bonds. The largest absolute Gasteiger partial charge is 0.269 e. The van der Waals surface area contributed by atoms with Crippen molar-refractivity contribution >= 4 is 45.2 Å². The predicted molar refractivity (Wildman–Crippen MR) is 83.1 cm³/mol. The number of rotatable bonds is 3. The number of thiophene rings is 1. The van der Waals surface area contributed by atoms with Crippen LogP contribution in [0.3, 0.4) is 0 Å². The molecule has 0 bridgehead atoms. The monoisotopic (exact) mass is 350 g/mol. The van der Waals surface area contributed by atoms with Crippen LogP contribution in [0.5, 0.6) is 0 Å². The summed E-state index contributed by atoms with van der Waals surface area (Å²) in [6.07, 6.45) is 3.06. The average Bonchev–Trinajstić information content (AvgIpc) is 2.96. The number of hydrogen-bond acceptors (Lipinski definition) is 3. The Labute approximate surface area is 128 Å². The van der Waals surface area contributed by atoms with E-state index in [9.17, 15) is 9.59 Å². The third kappa shape index (κ3) is 4.32. The third-order valence-corrected chi connectivity index (χ3v) is 3.71. The lowest BCUT2D eigenvalue weighted by atomic mass is 10.2. The number of benzene rings is 1. The average molecular weight is 351 g/mol. The van der Waals surface area contributed by atoms with Gasteiger partial charge in [0.15, 0.2) is 0 Å². The zero-order valence-corrected chi connectivity index (χ0v) is 12.7. The summed E-state index contributed by atoms with van der Waals surface area (Å²) in [5.74, 6) is -0.751. The van der Waals surface area contributed by atoms with E-state index < -0.39 is 0 Å². The summed E-state index contributed by atoms with van der Waals surface area (Å²) in [5, 5.41) is 1.92. The van der Waals surface area contributed by atoms with Gasteiger partial charge in [-0.3, -0.25) is 20.4 Å². The molecule has 0 unspecified atom stereocenters. The van der Waals surface area contributed by atoms with Gasteiger partial charge in [0.2, 0.25) is 0 Å². The fourth-order valence-electron chi connectivity index (χ4n) is 1.38. The third-order valence-electron chi connectivity index (χ3n) is 2.35. The maximum absolute atomic E-state index is 11.7. The van der Waals surface area contributed by atoms with Gasteiger partial charge in [0.1, 0.15) is 0 Å². The lowest BCUT2D eigenvalue weighted by Crippen LogP contribution is -2.40. The van der Waals surface area contributed by atoms with Crippen LogP contribution in [0.15, 0.2) is 52.3 Å². The highest BCUT2D eigenvalue weighted by Gasteiger charge is 2.05. The van der Waals surface area contributed by atoms with Crippen LogP contribution in [0.2, 0.25) is 0 Å². The van der Waals surface area contributed by atoms with E-state index in [1.165, 1.54) is 17.4 Å². The molecule has 0 saturated carbocycles. The molecule has 2 rings (SSSR count). The first kappa shape index (κ1) is 14.5. The van der Waals surface area contributed by atoms with Gasteiger partial charge in [0.05, 0.1) is 0 Å². The maximum Gasteiger partial charge on any atom is 0.269 e. The van der Waals surface area contributed by atoms with E-state index in [1.54, 1.807) is 30.3 Å². The van der Waals surface area contributed by atoms with E-state index in [4.69, 9.17) is 0 Å². The molecule has 1 heterocycles. The van der Waals surface area contributed by atoms with Crippen molar-refractivity contribution in [3.63, 3.8) is 0 Å². The Morgan fingerprint density at radius 3 is 2.50 bits per heavy atom. The zero-order chi connectivity index (χ0) is 14.4. The minimum atomic E-state index is -0.385. The maximum atomic E-state index is 11.7. The van der Waals surface area contributed by atoms with Crippen LogP contribution >= 0.6 is 27.3 Å². The summed E-state index contributed by atoms with van der Waals surface area (Å²) >= 11 is 4.82. The fourth-order valence-corrected chi connectivity index (χ4v) is 2.26. The molecule has 4 nitrogen and oxygen atoms in total. The van der Waals surface area contributed by atoms with Crippen LogP contribution in [-0.2, 0) is 4.79 Å². The number of amides is 2. The molecule has 2 aromatic rings. The van der Waals surface area contributed by atoms with Crippen LogP contribution in [0.1, 0.15) is 15.2 Å². The lowest BCUT2D eigenvalue weighted by molar-refractivity contribution is -0.117. The van der Waals surface area contributed by atoms with Crippen LogP contribution in [0, 0.1) is 0 Å². The highest BCUT2D eigenvalue weighted by molar-refractivity contribution is 9.10. The number of nitrogens with one attached hydrogen (secondary N) is 2. The molecule has 0 saturated heterocycles. The van der Waals surface area contributed by atoms with Gasteiger partial charge >= 0.3 is 0 Å². The van der Waals surface area contributed by atoms with Crippen LogP contribution in [-0.4, -0.2) is 11.8 Å². The van der Waals surface area contributed by atoms with Gasteiger partial charge in [-0.15, -0.1) is 11.3 Å². The number of carbonyl (C=O) groups excluding carboxylic acids is 2. The Morgan fingerprint density at radius 2 is 1.85 bits per heavy atom. The molecule has 0 atom stereocenters. The standard InChI is InChI=1S/C14H11BrN2O2S/c15-11-5-3-10(4-6-11)14(19)17-16-13(18)8-7-12-2-1-9-20-12/h1-9H,(H,16,18)(H,17,19). The predicted octanol–water partition coefficient (Wildman–Crippen LogP) is 2.99. The molecular formula is C14H11BrN2O2S. The molecule has 0 radical (unpaired) electrons. The number of hydrogen-bond donors (Lipinski definition) is 2. The molecule has 102 valence electrons. The van der Waals surface area contributed by atoms with Gasteiger partial charge in [-0.25, -0.2) is 0 Å². The van der Waals surface area contributed by atoms with Crippen molar-refractivity contribution in [3.8, 4) is 0 Å². The van der Waals surface area contributed by atoms with Crippen molar-refractivity contribution in [3.05, 3.63) is 62.8 Å².